The van der Waals surface area contributed by atoms with Gasteiger partial charge >= 0.3 is 0 Å². The Labute approximate surface area is 180 Å². The Balaban J connectivity index is 1.29. The zero-order valence-corrected chi connectivity index (χ0v) is 17.4. The molecule has 2 heterocycles. The van der Waals surface area contributed by atoms with Crippen molar-refractivity contribution in [2.45, 2.75) is 20.3 Å². The van der Waals surface area contributed by atoms with Crippen LogP contribution in [0.25, 0.3) is 6.08 Å². The van der Waals surface area contributed by atoms with Crippen molar-refractivity contribution in [2.24, 2.45) is 4.99 Å². The number of carbonyl (C=O) groups is 1. The van der Waals surface area contributed by atoms with Crippen molar-refractivity contribution in [3.8, 4) is 11.5 Å². The molecule has 4 rings (SSSR count). The quantitative estimate of drug-likeness (QED) is 0.537. The molecule has 0 spiro atoms. The summed E-state index contributed by atoms with van der Waals surface area (Å²) in [4.78, 5) is 21.7. The van der Waals surface area contributed by atoms with E-state index < -0.39 is 5.91 Å². The molecular formula is C24H23N3O4. The maximum atomic E-state index is 12.3. The summed E-state index contributed by atoms with van der Waals surface area (Å²) in [5, 5.41) is 9.50. The molecule has 0 aromatic heterocycles. The second-order valence-corrected chi connectivity index (χ2v) is 7.26. The third kappa shape index (κ3) is 4.83. The van der Waals surface area contributed by atoms with Gasteiger partial charge < -0.3 is 14.3 Å². The normalized spacial score (nSPS) is 16.6. The van der Waals surface area contributed by atoms with Crippen molar-refractivity contribution in [3.63, 3.8) is 0 Å². The van der Waals surface area contributed by atoms with E-state index in [4.69, 9.17) is 19.7 Å². The van der Waals surface area contributed by atoms with Gasteiger partial charge in [0, 0.05) is 12.5 Å². The number of ether oxygens (including phenoxy) is 2. The first kappa shape index (κ1) is 20.4. The molecule has 2 aliphatic rings. The molecule has 0 saturated carbocycles. The van der Waals surface area contributed by atoms with Crippen LogP contribution in [-0.4, -0.2) is 35.9 Å². The Bertz CT molecular complexity index is 1100. The smallest absolute Gasteiger partial charge is 0.282 e. The van der Waals surface area contributed by atoms with E-state index in [1.807, 2.05) is 55.5 Å². The molecular weight excluding hydrogens is 394 g/mol. The lowest BCUT2D eigenvalue weighted by molar-refractivity contribution is -0.114. The van der Waals surface area contributed by atoms with Gasteiger partial charge in [0.15, 0.2) is 11.7 Å². The molecule has 7 heteroatoms. The summed E-state index contributed by atoms with van der Waals surface area (Å²) in [7, 11) is 0. The van der Waals surface area contributed by atoms with E-state index in [0.717, 1.165) is 23.5 Å². The monoisotopic (exact) mass is 417 g/mol. The predicted molar refractivity (Wildman–Crippen MR) is 118 cm³/mol. The zero-order valence-electron chi connectivity index (χ0n) is 17.4. The number of allylic oxidation sites excluding steroid dienone is 1. The maximum absolute atomic E-state index is 12.3. The number of aliphatic imine (C=N–C) groups is 1. The summed E-state index contributed by atoms with van der Waals surface area (Å²) < 4.78 is 11.5. The molecule has 31 heavy (non-hydrogen) atoms. The van der Waals surface area contributed by atoms with Crippen LogP contribution in [0.5, 0.6) is 11.5 Å². The second kappa shape index (κ2) is 8.87. The summed E-state index contributed by atoms with van der Waals surface area (Å²) in [5.41, 5.74) is 2.11. The number of benzene rings is 2. The number of carbonyl (C=O) groups excluding carboxylic acids is 1. The van der Waals surface area contributed by atoms with Crippen LogP contribution in [0.3, 0.4) is 0 Å². The number of fused-ring (bicyclic) bond motifs is 1. The maximum Gasteiger partial charge on any atom is 0.282 e. The third-order valence-corrected chi connectivity index (χ3v) is 4.69. The van der Waals surface area contributed by atoms with Crippen LogP contribution in [0.15, 0.2) is 70.9 Å². The van der Waals surface area contributed by atoms with Gasteiger partial charge in [0.25, 0.3) is 5.91 Å². The fourth-order valence-corrected chi connectivity index (χ4v) is 3.17. The van der Waals surface area contributed by atoms with Crippen LogP contribution < -0.4 is 9.47 Å². The van der Waals surface area contributed by atoms with E-state index in [0.29, 0.717) is 24.8 Å². The highest BCUT2D eigenvalue weighted by atomic mass is 16.7. The van der Waals surface area contributed by atoms with Gasteiger partial charge in [-0.05, 0) is 55.3 Å². The van der Waals surface area contributed by atoms with Gasteiger partial charge in [-0.15, -0.1) is 5.06 Å². The van der Waals surface area contributed by atoms with Gasteiger partial charge in [0.1, 0.15) is 17.3 Å². The molecule has 2 aromatic carbocycles. The minimum absolute atomic E-state index is 0.0305. The Hall–Kier alpha value is -3.87. The highest BCUT2D eigenvalue weighted by Gasteiger charge is 2.34. The van der Waals surface area contributed by atoms with Crippen molar-refractivity contribution < 1.29 is 19.1 Å². The Kier molecular flexibility index (Phi) is 5.84. The lowest BCUT2D eigenvalue weighted by atomic mass is 10.1. The van der Waals surface area contributed by atoms with Crippen molar-refractivity contribution >= 4 is 23.7 Å². The predicted octanol–water partition coefficient (Wildman–Crippen LogP) is 4.29. The third-order valence-electron chi connectivity index (χ3n) is 4.69. The number of amidine groups is 2. The number of nitrogens with zero attached hydrogens (tertiary/aromatic N) is 2. The summed E-state index contributed by atoms with van der Waals surface area (Å²) in [6, 6.07) is 15.3. The Morgan fingerprint density at radius 3 is 2.55 bits per heavy atom. The first-order valence-electron chi connectivity index (χ1n) is 10.0. The van der Waals surface area contributed by atoms with E-state index >= 15 is 0 Å². The SMILES string of the molecule is CC1=CC2=NC(=O)/C(=C/c3ccc(OCCCOc4cccc(C)c4)cc3)C(=N)N2O1. The van der Waals surface area contributed by atoms with Gasteiger partial charge in [-0.2, -0.15) is 4.99 Å². The van der Waals surface area contributed by atoms with Crippen molar-refractivity contribution in [1.82, 2.24) is 5.06 Å². The largest absolute Gasteiger partial charge is 0.493 e. The van der Waals surface area contributed by atoms with Crippen LogP contribution in [0.2, 0.25) is 0 Å². The van der Waals surface area contributed by atoms with E-state index in [-0.39, 0.29) is 11.4 Å². The van der Waals surface area contributed by atoms with Crippen LogP contribution in [0.1, 0.15) is 24.5 Å². The fourth-order valence-electron chi connectivity index (χ4n) is 3.17. The van der Waals surface area contributed by atoms with Crippen molar-refractivity contribution in [1.29, 1.82) is 5.41 Å². The zero-order chi connectivity index (χ0) is 21.8. The van der Waals surface area contributed by atoms with Gasteiger partial charge in [-0.25, -0.2) is 0 Å². The van der Waals surface area contributed by atoms with Crippen molar-refractivity contribution in [3.05, 3.63) is 77.1 Å². The summed E-state index contributed by atoms with van der Waals surface area (Å²) in [5.74, 6) is 2.02. The number of nitrogens with one attached hydrogen (secondary N) is 1. The number of hydroxylamine groups is 2. The van der Waals surface area contributed by atoms with E-state index in [1.165, 1.54) is 10.6 Å². The molecule has 1 N–H and O–H groups in total. The number of hydrogen-bond acceptors (Lipinski definition) is 5. The topological polar surface area (TPSA) is 84.2 Å². The van der Waals surface area contributed by atoms with Crippen LogP contribution in [0, 0.1) is 12.3 Å². The van der Waals surface area contributed by atoms with Gasteiger partial charge in [-0.3, -0.25) is 10.2 Å². The molecule has 0 saturated heterocycles. The Morgan fingerprint density at radius 2 is 1.81 bits per heavy atom. The number of amides is 1. The average molecular weight is 417 g/mol. The molecule has 158 valence electrons. The van der Waals surface area contributed by atoms with Crippen LogP contribution in [-0.2, 0) is 9.63 Å². The van der Waals surface area contributed by atoms with Gasteiger partial charge in [-0.1, -0.05) is 24.3 Å². The first-order chi connectivity index (χ1) is 15.0. The van der Waals surface area contributed by atoms with Crippen LogP contribution in [0.4, 0.5) is 0 Å². The van der Waals surface area contributed by atoms with E-state index in [1.54, 1.807) is 19.1 Å². The summed E-state index contributed by atoms with van der Waals surface area (Å²) in [6.07, 6.45) is 4.01. The van der Waals surface area contributed by atoms with Crippen molar-refractivity contribution in [2.75, 3.05) is 13.2 Å². The average Bonchev–Trinajstić information content (AvgIpc) is 3.12. The molecule has 0 atom stereocenters. The second-order valence-electron chi connectivity index (χ2n) is 7.26. The summed E-state index contributed by atoms with van der Waals surface area (Å²) >= 11 is 0. The number of rotatable bonds is 7. The first-order valence-corrected chi connectivity index (χ1v) is 10.0. The van der Waals surface area contributed by atoms with Gasteiger partial charge in [0.05, 0.1) is 18.8 Å². The molecule has 0 bridgehead atoms. The molecule has 0 fully saturated rings. The molecule has 1 amide bonds. The summed E-state index contributed by atoms with van der Waals surface area (Å²) in [6.45, 7) is 4.89. The molecule has 0 aliphatic carbocycles. The lowest BCUT2D eigenvalue weighted by Gasteiger charge is -2.22. The van der Waals surface area contributed by atoms with Crippen LogP contribution >= 0.6 is 0 Å². The highest BCUT2D eigenvalue weighted by Crippen LogP contribution is 2.24. The Morgan fingerprint density at radius 1 is 1.06 bits per heavy atom. The van der Waals surface area contributed by atoms with E-state index in [9.17, 15) is 4.79 Å². The van der Waals surface area contributed by atoms with Gasteiger partial charge in [0.2, 0.25) is 0 Å². The molecule has 0 radical (unpaired) electrons. The molecule has 2 aromatic rings. The molecule has 0 unspecified atom stereocenters. The number of hydrogen-bond donors (Lipinski definition) is 1. The minimum atomic E-state index is -0.459. The minimum Gasteiger partial charge on any atom is -0.493 e. The molecule has 7 nitrogen and oxygen atoms in total. The molecule has 2 aliphatic heterocycles. The van der Waals surface area contributed by atoms with E-state index in [2.05, 4.69) is 4.99 Å². The fraction of sp³-hybridized carbons (Fsp3) is 0.208. The standard InChI is InChI=1S/C24H23N3O4/c1-16-5-3-6-20(13-16)30-12-4-11-29-19-9-7-18(8-10-19)15-21-23(25)27-22(26-24(21)28)14-17(2)31-27/h3,5-10,13-15,25H,4,11-12H2,1-2H3/b21-15+,25-23?. The lowest BCUT2D eigenvalue weighted by Crippen LogP contribution is -2.38. The number of aryl methyl sites for hydroxylation is 1. The highest BCUT2D eigenvalue weighted by molar-refractivity contribution is 6.32.